The molecule has 0 spiro atoms. The van der Waals surface area contributed by atoms with Crippen LogP contribution in [0.25, 0.3) is 5.69 Å². The summed E-state index contributed by atoms with van der Waals surface area (Å²) in [5, 5.41) is 2.95. The minimum Gasteiger partial charge on any atom is -0.497 e. The third-order valence-corrected chi connectivity index (χ3v) is 4.21. The summed E-state index contributed by atoms with van der Waals surface area (Å²) in [4.78, 5) is 12.3. The van der Waals surface area contributed by atoms with Gasteiger partial charge in [0.25, 0.3) is 5.91 Å². The summed E-state index contributed by atoms with van der Waals surface area (Å²) in [6, 6.07) is 17.1. The van der Waals surface area contributed by atoms with Crippen molar-refractivity contribution in [2.75, 3.05) is 20.8 Å². The van der Waals surface area contributed by atoms with Gasteiger partial charge in [-0.2, -0.15) is 0 Å². The van der Waals surface area contributed by atoms with Crippen LogP contribution in [0.15, 0.2) is 67.0 Å². The molecule has 134 valence electrons. The highest BCUT2D eigenvalue weighted by atomic mass is 16.5. The molecular formula is C21H22N2O3. The molecule has 1 N–H and O–H groups in total. The minimum absolute atomic E-state index is 0.0865. The Morgan fingerprint density at radius 3 is 2.38 bits per heavy atom. The predicted molar refractivity (Wildman–Crippen MR) is 101 cm³/mol. The van der Waals surface area contributed by atoms with Gasteiger partial charge >= 0.3 is 0 Å². The minimum atomic E-state index is -0.0865. The molecule has 0 saturated heterocycles. The molecule has 3 aromatic rings. The zero-order chi connectivity index (χ0) is 18.4. The van der Waals surface area contributed by atoms with Gasteiger partial charge < -0.3 is 19.4 Å². The molecule has 1 amide bonds. The van der Waals surface area contributed by atoms with Gasteiger partial charge in [0.1, 0.15) is 11.5 Å². The van der Waals surface area contributed by atoms with E-state index in [2.05, 4.69) is 5.32 Å². The first kappa shape index (κ1) is 17.6. The van der Waals surface area contributed by atoms with Gasteiger partial charge in [0.05, 0.1) is 14.2 Å². The number of nitrogens with one attached hydrogen (secondary N) is 1. The number of hydrogen-bond acceptors (Lipinski definition) is 3. The average Bonchev–Trinajstić information content (AvgIpc) is 3.23. The van der Waals surface area contributed by atoms with E-state index in [1.165, 1.54) is 0 Å². The van der Waals surface area contributed by atoms with Crippen molar-refractivity contribution in [3.05, 3.63) is 78.1 Å². The third kappa shape index (κ3) is 4.06. The van der Waals surface area contributed by atoms with Crippen LogP contribution in [0, 0.1) is 0 Å². The molecule has 2 aromatic carbocycles. The number of benzene rings is 2. The smallest absolute Gasteiger partial charge is 0.251 e. The maximum atomic E-state index is 12.3. The molecule has 3 rings (SSSR count). The van der Waals surface area contributed by atoms with E-state index >= 15 is 0 Å². The standard InChI is InChI=1S/C21H22N2O3/c1-25-19-10-7-16(20(15-19)26-2)11-12-22-21(24)17-5-8-18(9-6-17)23-13-3-4-14-23/h3-10,13-15H,11-12H2,1-2H3,(H,22,24). The normalized spacial score (nSPS) is 10.4. The van der Waals surface area contributed by atoms with Crippen molar-refractivity contribution < 1.29 is 14.3 Å². The van der Waals surface area contributed by atoms with Crippen LogP contribution in [0.1, 0.15) is 15.9 Å². The lowest BCUT2D eigenvalue weighted by atomic mass is 10.1. The van der Waals surface area contributed by atoms with E-state index in [-0.39, 0.29) is 5.91 Å². The van der Waals surface area contributed by atoms with Crippen LogP contribution < -0.4 is 14.8 Å². The quantitative estimate of drug-likeness (QED) is 0.710. The van der Waals surface area contributed by atoms with Gasteiger partial charge in [0.2, 0.25) is 0 Å². The van der Waals surface area contributed by atoms with Crippen LogP contribution in [0.4, 0.5) is 0 Å². The molecule has 1 aromatic heterocycles. The summed E-state index contributed by atoms with van der Waals surface area (Å²) in [6.07, 6.45) is 4.62. The van der Waals surface area contributed by atoms with Crippen LogP contribution in [0.3, 0.4) is 0 Å². The average molecular weight is 350 g/mol. The second kappa shape index (κ2) is 8.25. The fraction of sp³-hybridized carbons (Fsp3) is 0.190. The largest absolute Gasteiger partial charge is 0.497 e. The van der Waals surface area contributed by atoms with Crippen LogP contribution in [-0.4, -0.2) is 31.2 Å². The van der Waals surface area contributed by atoms with Crippen LogP contribution in [-0.2, 0) is 6.42 Å². The number of amides is 1. The summed E-state index contributed by atoms with van der Waals surface area (Å²) in [5.41, 5.74) is 2.69. The van der Waals surface area contributed by atoms with Crippen molar-refractivity contribution in [1.29, 1.82) is 0 Å². The number of hydrogen-bond donors (Lipinski definition) is 1. The van der Waals surface area contributed by atoms with Crippen molar-refractivity contribution in [2.45, 2.75) is 6.42 Å². The molecule has 0 radical (unpaired) electrons. The van der Waals surface area contributed by atoms with Crippen molar-refractivity contribution >= 4 is 5.91 Å². The molecule has 0 aliphatic heterocycles. The summed E-state index contributed by atoms with van der Waals surface area (Å²) < 4.78 is 12.6. The topological polar surface area (TPSA) is 52.5 Å². The SMILES string of the molecule is COc1ccc(CCNC(=O)c2ccc(-n3cccc3)cc2)c(OC)c1. The molecule has 26 heavy (non-hydrogen) atoms. The Labute approximate surface area is 153 Å². The third-order valence-electron chi connectivity index (χ3n) is 4.21. The van der Waals surface area contributed by atoms with Crippen molar-refractivity contribution in [2.24, 2.45) is 0 Å². The first-order chi connectivity index (χ1) is 12.7. The number of methoxy groups -OCH3 is 2. The maximum Gasteiger partial charge on any atom is 0.251 e. The molecule has 1 heterocycles. The fourth-order valence-corrected chi connectivity index (χ4v) is 2.76. The first-order valence-electron chi connectivity index (χ1n) is 8.44. The second-order valence-electron chi connectivity index (χ2n) is 5.82. The summed E-state index contributed by atoms with van der Waals surface area (Å²) in [7, 11) is 3.25. The summed E-state index contributed by atoms with van der Waals surface area (Å²) in [5.74, 6) is 1.42. The van der Waals surface area contributed by atoms with E-state index < -0.39 is 0 Å². The number of aromatic nitrogens is 1. The molecule has 0 atom stereocenters. The van der Waals surface area contributed by atoms with E-state index in [4.69, 9.17) is 9.47 Å². The lowest BCUT2D eigenvalue weighted by Crippen LogP contribution is -2.25. The Morgan fingerprint density at radius 2 is 1.73 bits per heavy atom. The molecule has 0 saturated carbocycles. The van der Waals surface area contributed by atoms with Gasteiger partial charge in [-0.1, -0.05) is 6.07 Å². The zero-order valence-corrected chi connectivity index (χ0v) is 14.9. The van der Waals surface area contributed by atoms with E-state index in [1.807, 2.05) is 71.6 Å². The summed E-state index contributed by atoms with van der Waals surface area (Å²) in [6.45, 7) is 0.529. The maximum absolute atomic E-state index is 12.3. The lowest BCUT2D eigenvalue weighted by molar-refractivity contribution is 0.0954. The Morgan fingerprint density at radius 1 is 1.00 bits per heavy atom. The van der Waals surface area contributed by atoms with Gasteiger partial charge in [0, 0.05) is 36.3 Å². The monoisotopic (exact) mass is 350 g/mol. The van der Waals surface area contributed by atoms with Crippen LogP contribution >= 0.6 is 0 Å². The van der Waals surface area contributed by atoms with Crippen LogP contribution in [0.5, 0.6) is 11.5 Å². The Kier molecular flexibility index (Phi) is 5.59. The van der Waals surface area contributed by atoms with E-state index in [0.29, 0.717) is 18.5 Å². The predicted octanol–water partition coefficient (Wildman–Crippen LogP) is 3.47. The number of carbonyl (C=O) groups is 1. The highest BCUT2D eigenvalue weighted by Crippen LogP contribution is 2.24. The highest BCUT2D eigenvalue weighted by molar-refractivity contribution is 5.94. The summed E-state index contributed by atoms with van der Waals surface area (Å²) >= 11 is 0. The number of carbonyl (C=O) groups excluding carboxylic acids is 1. The van der Waals surface area contributed by atoms with E-state index in [9.17, 15) is 4.79 Å². The van der Waals surface area contributed by atoms with Crippen molar-refractivity contribution in [3.63, 3.8) is 0 Å². The Hall–Kier alpha value is -3.21. The molecule has 5 nitrogen and oxygen atoms in total. The molecule has 0 unspecified atom stereocenters. The molecule has 5 heteroatoms. The van der Waals surface area contributed by atoms with Gasteiger partial charge in [-0.25, -0.2) is 0 Å². The zero-order valence-electron chi connectivity index (χ0n) is 14.9. The highest BCUT2D eigenvalue weighted by Gasteiger charge is 2.08. The molecule has 0 aliphatic carbocycles. The van der Waals surface area contributed by atoms with Crippen molar-refractivity contribution in [1.82, 2.24) is 9.88 Å². The van der Waals surface area contributed by atoms with E-state index in [1.54, 1.807) is 14.2 Å². The second-order valence-corrected chi connectivity index (χ2v) is 5.82. The molecule has 0 aliphatic rings. The van der Waals surface area contributed by atoms with Gasteiger partial charge in [-0.05, 0) is 54.4 Å². The van der Waals surface area contributed by atoms with Gasteiger partial charge in [-0.3, -0.25) is 4.79 Å². The van der Waals surface area contributed by atoms with Crippen molar-refractivity contribution in [3.8, 4) is 17.2 Å². The van der Waals surface area contributed by atoms with Gasteiger partial charge in [0.15, 0.2) is 0 Å². The number of nitrogens with zero attached hydrogens (tertiary/aromatic N) is 1. The fourth-order valence-electron chi connectivity index (χ4n) is 2.76. The number of rotatable bonds is 7. The number of ether oxygens (including phenoxy) is 2. The molecule has 0 fully saturated rings. The molecule has 0 bridgehead atoms. The van der Waals surface area contributed by atoms with Gasteiger partial charge in [-0.15, -0.1) is 0 Å². The molecular weight excluding hydrogens is 328 g/mol. The lowest BCUT2D eigenvalue weighted by Gasteiger charge is -2.11. The Bertz CT molecular complexity index is 855. The van der Waals surface area contributed by atoms with E-state index in [0.717, 1.165) is 22.7 Å². The van der Waals surface area contributed by atoms with Crippen LogP contribution in [0.2, 0.25) is 0 Å². The Balaban J connectivity index is 1.57. The first-order valence-corrected chi connectivity index (χ1v) is 8.44.